The van der Waals surface area contributed by atoms with Gasteiger partial charge in [0.1, 0.15) is 0 Å². The maximum atomic E-state index is 13.0. The fourth-order valence-electron chi connectivity index (χ4n) is 3.89. The number of esters is 1. The summed E-state index contributed by atoms with van der Waals surface area (Å²) in [5, 5.41) is 2.81. The summed E-state index contributed by atoms with van der Waals surface area (Å²) in [6, 6.07) is 12.0. The standard InChI is InChI=1S/C25H32N2O5S/c1-4-18(2)21-10-6-7-11-23(21)26-24(28)17-32-25(29)22-16-20(13-12-19(22)3)33(30,31)27-14-8-5-9-15-27/h6-7,10-13,16,18H,4-5,8-9,14-15,17H2,1-3H3,(H,26,28)/t18-/m1/s1. The fraction of sp³-hybridized carbons (Fsp3) is 0.440. The van der Waals surface area contributed by atoms with Crippen molar-refractivity contribution in [3.8, 4) is 0 Å². The number of piperidine rings is 1. The number of para-hydroxylation sites is 1. The van der Waals surface area contributed by atoms with Crippen molar-refractivity contribution in [2.75, 3.05) is 25.0 Å². The zero-order valence-corrected chi connectivity index (χ0v) is 20.3. The molecule has 33 heavy (non-hydrogen) atoms. The number of ether oxygens (including phenoxy) is 1. The van der Waals surface area contributed by atoms with Crippen LogP contribution >= 0.6 is 0 Å². The van der Waals surface area contributed by atoms with Crippen LogP contribution < -0.4 is 5.32 Å². The van der Waals surface area contributed by atoms with Crippen LogP contribution in [0.25, 0.3) is 0 Å². The Morgan fingerprint density at radius 3 is 2.48 bits per heavy atom. The monoisotopic (exact) mass is 472 g/mol. The highest BCUT2D eigenvalue weighted by Crippen LogP contribution is 2.27. The number of nitrogens with one attached hydrogen (secondary N) is 1. The zero-order valence-electron chi connectivity index (χ0n) is 19.5. The minimum Gasteiger partial charge on any atom is -0.452 e. The second-order valence-corrected chi connectivity index (χ2v) is 10.4. The molecule has 2 aromatic carbocycles. The van der Waals surface area contributed by atoms with Crippen LogP contribution in [0.5, 0.6) is 0 Å². The minimum absolute atomic E-state index is 0.0638. The predicted molar refractivity (Wildman–Crippen MR) is 128 cm³/mol. The molecular formula is C25H32N2O5S. The molecule has 1 saturated heterocycles. The quantitative estimate of drug-likeness (QED) is 0.572. The van der Waals surface area contributed by atoms with E-state index in [2.05, 4.69) is 19.2 Å². The topological polar surface area (TPSA) is 92.8 Å². The SMILES string of the molecule is CC[C@@H](C)c1ccccc1NC(=O)COC(=O)c1cc(S(=O)(=O)N2CCCCC2)ccc1C. The molecule has 1 N–H and O–H groups in total. The first-order valence-corrected chi connectivity index (χ1v) is 12.8. The molecule has 1 atom stereocenters. The van der Waals surface area contributed by atoms with Crippen molar-refractivity contribution >= 4 is 27.6 Å². The summed E-state index contributed by atoms with van der Waals surface area (Å²) in [4.78, 5) is 25.2. The van der Waals surface area contributed by atoms with E-state index in [-0.39, 0.29) is 16.4 Å². The van der Waals surface area contributed by atoms with Crippen LogP contribution in [-0.2, 0) is 19.6 Å². The summed E-state index contributed by atoms with van der Waals surface area (Å²) in [6.07, 6.45) is 3.60. The maximum Gasteiger partial charge on any atom is 0.338 e. The number of hydrogen-bond acceptors (Lipinski definition) is 5. The molecule has 0 bridgehead atoms. The molecule has 0 saturated carbocycles. The molecule has 0 unspecified atom stereocenters. The van der Waals surface area contributed by atoms with Crippen molar-refractivity contribution in [3.63, 3.8) is 0 Å². The van der Waals surface area contributed by atoms with Gasteiger partial charge >= 0.3 is 5.97 Å². The zero-order chi connectivity index (χ0) is 24.0. The summed E-state index contributed by atoms with van der Waals surface area (Å²) < 4.78 is 32.6. The average Bonchev–Trinajstić information content (AvgIpc) is 2.83. The highest BCUT2D eigenvalue weighted by atomic mass is 32.2. The Labute approximate surface area is 196 Å². The number of rotatable bonds is 8. The van der Waals surface area contributed by atoms with E-state index in [0.717, 1.165) is 31.2 Å². The lowest BCUT2D eigenvalue weighted by Gasteiger charge is -2.26. The number of carbonyl (C=O) groups is 2. The van der Waals surface area contributed by atoms with E-state index in [1.807, 2.05) is 24.3 Å². The molecule has 0 spiro atoms. The first-order chi connectivity index (χ1) is 15.7. The lowest BCUT2D eigenvalue weighted by Crippen LogP contribution is -2.35. The van der Waals surface area contributed by atoms with E-state index < -0.39 is 28.5 Å². The Morgan fingerprint density at radius 2 is 1.79 bits per heavy atom. The van der Waals surface area contributed by atoms with Gasteiger partial charge in [0.2, 0.25) is 10.0 Å². The Hall–Kier alpha value is -2.71. The van der Waals surface area contributed by atoms with Gasteiger partial charge < -0.3 is 10.1 Å². The van der Waals surface area contributed by atoms with Crippen molar-refractivity contribution in [2.45, 2.75) is 57.3 Å². The van der Waals surface area contributed by atoms with Gasteiger partial charge in [-0.05, 0) is 61.4 Å². The summed E-state index contributed by atoms with van der Waals surface area (Å²) in [6.45, 7) is 6.36. The van der Waals surface area contributed by atoms with Crippen LogP contribution in [0.15, 0.2) is 47.4 Å². The van der Waals surface area contributed by atoms with Crippen LogP contribution in [0.1, 0.15) is 66.9 Å². The Bertz CT molecular complexity index is 1110. The first kappa shape index (κ1) is 24.9. The van der Waals surface area contributed by atoms with Gasteiger partial charge in [-0.15, -0.1) is 0 Å². The molecule has 8 heteroatoms. The Morgan fingerprint density at radius 1 is 1.09 bits per heavy atom. The van der Waals surface area contributed by atoms with Gasteiger partial charge in [0.05, 0.1) is 10.5 Å². The lowest BCUT2D eigenvalue weighted by molar-refractivity contribution is -0.119. The Balaban J connectivity index is 1.68. The van der Waals surface area contributed by atoms with E-state index in [4.69, 9.17) is 4.74 Å². The van der Waals surface area contributed by atoms with Crippen LogP contribution in [0, 0.1) is 6.92 Å². The molecule has 3 rings (SSSR count). The van der Waals surface area contributed by atoms with Crippen molar-refractivity contribution in [1.29, 1.82) is 0 Å². The van der Waals surface area contributed by atoms with E-state index in [0.29, 0.717) is 24.3 Å². The second kappa shape index (κ2) is 10.9. The number of hydrogen-bond donors (Lipinski definition) is 1. The van der Waals surface area contributed by atoms with Gasteiger partial charge in [-0.3, -0.25) is 4.79 Å². The van der Waals surface area contributed by atoms with E-state index in [9.17, 15) is 18.0 Å². The third-order valence-electron chi connectivity index (χ3n) is 6.09. The third kappa shape index (κ3) is 6.00. The highest BCUT2D eigenvalue weighted by Gasteiger charge is 2.27. The van der Waals surface area contributed by atoms with E-state index in [1.165, 1.54) is 16.4 Å². The maximum absolute atomic E-state index is 13.0. The van der Waals surface area contributed by atoms with Crippen molar-refractivity contribution in [1.82, 2.24) is 4.31 Å². The molecule has 2 aromatic rings. The number of sulfonamides is 1. The van der Waals surface area contributed by atoms with Crippen molar-refractivity contribution in [2.24, 2.45) is 0 Å². The highest BCUT2D eigenvalue weighted by molar-refractivity contribution is 7.89. The van der Waals surface area contributed by atoms with E-state index >= 15 is 0 Å². The predicted octanol–water partition coefficient (Wildman–Crippen LogP) is 4.48. The minimum atomic E-state index is -3.68. The number of carbonyl (C=O) groups excluding carboxylic acids is 2. The molecular weight excluding hydrogens is 440 g/mol. The molecule has 1 aliphatic heterocycles. The second-order valence-electron chi connectivity index (χ2n) is 8.46. The lowest BCUT2D eigenvalue weighted by atomic mass is 9.97. The van der Waals surface area contributed by atoms with Crippen LogP contribution in [-0.4, -0.2) is 44.3 Å². The number of aryl methyl sites for hydroxylation is 1. The number of amides is 1. The van der Waals surface area contributed by atoms with Gasteiger partial charge in [0, 0.05) is 18.8 Å². The molecule has 0 radical (unpaired) electrons. The molecule has 7 nitrogen and oxygen atoms in total. The summed E-state index contributed by atoms with van der Waals surface area (Å²) in [5.41, 5.74) is 2.44. The molecule has 0 aromatic heterocycles. The molecule has 1 heterocycles. The average molecular weight is 473 g/mol. The molecule has 1 fully saturated rings. The van der Waals surface area contributed by atoms with Gasteiger partial charge in [-0.2, -0.15) is 4.31 Å². The number of nitrogens with zero attached hydrogens (tertiary/aromatic N) is 1. The molecule has 0 aliphatic carbocycles. The van der Waals surface area contributed by atoms with Gasteiger partial charge in [-0.25, -0.2) is 13.2 Å². The van der Waals surface area contributed by atoms with Crippen LogP contribution in [0.3, 0.4) is 0 Å². The summed E-state index contributed by atoms with van der Waals surface area (Å²) >= 11 is 0. The number of anilines is 1. The van der Waals surface area contributed by atoms with E-state index in [1.54, 1.807) is 13.0 Å². The van der Waals surface area contributed by atoms with Crippen LogP contribution in [0.4, 0.5) is 5.69 Å². The van der Waals surface area contributed by atoms with Crippen LogP contribution in [0.2, 0.25) is 0 Å². The largest absolute Gasteiger partial charge is 0.452 e. The molecule has 1 aliphatic rings. The van der Waals surface area contributed by atoms with Crippen molar-refractivity contribution < 1.29 is 22.7 Å². The molecule has 178 valence electrons. The van der Waals surface area contributed by atoms with Gasteiger partial charge in [0.15, 0.2) is 6.61 Å². The third-order valence-corrected chi connectivity index (χ3v) is 7.99. The number of benzene rings is 2. The summed E-state index contributed by atoms with van der Waals surface area (Å²) in [5.74, 6) is -0.904. The Kier molecular flexibility index (Phi) is 8.26. The normalized spacial score (nSPS) is 15.6. The first-order valence-electron chi connectivity index (χ1n) is 11.4. The van der Waals surface area contributed by atoms with Crippen molar-refractivity contribution in [3.05, 3.63) is 59.2 Å². The van der Waals surface area contributed by atoms with Gasteiger partial charge in [-0.1, -0.05) is 44.5 Å². The van der Waals surface area contributed by atoms with Gasteiger partial charge in [0.25, 0.3) is 5.91 Å². The summed E-state index contributed by atoms with van der Waals surface area (Å²) in [7, 11) is -3.68. The molecule has 1 amide bonds. The fourth-order valence-corrected chi connectivity index (χ4v) is 5.44. The smallest absolute Gasteiger partial charge is 0.338 e.